The van der Waals surface area contributed by atoms with Crippen molar-refractivity contribution in [1.29, 1.82) is 0 Å². The Hall–Kier alpha value is -2.06. The standard InChI is InChI=1S/C23H27NO/c1-2-25-23-14-7-6-13-22(23)19-15-20-11-8-12-21(16-19)24(20)17-18-9-4-3-5-10-18/h3-7,9-10,13-15,20-21H,2,8,11-12,16-17H2,1H3. The molecule has 130 valence electrons. The minimum atomic E-state index is 0.553. The Bertz CT molecular complexity index is 737. The SMILES string of the molecule is CCOc1ccccc1C1=CC2CCCC(C1)N2Cc1ccccc1. The number of rotatable bonds is 5. The van der Waals surface area contributed by atoms with Crippen LogP contribution in [0.2, 0.25) is 0 Å². The molecular formula is C23H27NO. The van der Waals surface area contributed by atoms with Crippen LogP contribution in [0.15, 0.2) is 60.7 Å². The van der Waals surface area contributed by atoms with Crippen molar-refractivity contribution in [1.82, 2.24) is 4.90 Å². The first-order valence-electron chi connectivity index (χ1n) is 9.57. The fraction of sp³-hybridized carbons (Fsp3) is 0.391. The molecule has 1 saturated heterocycles. The number of piperidine rings is 1. The molecule has 2 nitrogen and oxygen atoms in total. The van der Waals surface area contributed by atoms with Crippen LogP contribution in [0.1, 0.15) is 43.7 Å². The number of para-hydroxylation sites is 1. The number of benzene rings is 2. The van der Waals surface area contributed by atoms with Crippen molar-refractivity contribution in [2.75, 3.05) is 6.61 Å². The molecule has 1 fully saturated rings. The predicted octanol–water partition coefficient (Wildman–Crippen LogP) is 5.30. The zero-order valence-electron chi connectivity index (χ0n) is 15.0. The van der Waals surface area contributed by atoms with Gasteiger partial charge in [0, 0.05) is 24.2 Å². The van der Waals surface area contributed by atoms with Crippen LogP contribution in [0.4, 0.5) is 0 Å². The Balaban J connectivity index is 1.61. The van der Waals surface area contributed by atoms with Gasteiger partial charge in [-0.3, -0.25) is 4.90 Å². The number of hydrogen-bond donors (Lipinski definition) is 0. The van der Waals surface area contributed by atoms with Gasteiger partial charge in [0.25, 0.3) is 0 Å². The summed E-state index contributed by atoms with van der Waals surface area (Å²) in [5, 5.41) is 0. The molecule has 2 atom stereocenters. The van der Waals surface area contributed by atoms with Gasteiger partial charge in [-0.05, 0) is 43.4 Å². The molecule has 2 aromatic carbocycles. The number of hydrogen-bond acceptors (Lipinski definition) is 2. The predicted molar refractivity (Wildman–Crippen MR) is 104 cm³/mol. The third-order valence-corrected chi connectivity index (χ3v) is 5.52. The van der Waals surface area contributed by atoms with Crippen LogP contribution >= 0.6 is 0 Å². The second kappa shape index (κ2) is 7.45. The minimum absolute atomic E-state index is 0.553. The highest BCUT2D eigenvalue weighted by atomic mass is 16.5. The van der Waals surface area contributed by atoms with Gasteiger partial charge in [0.2, 0.25) is 0 Å². The molecule has 0 radical (unpaired) electrons. The van der Waals surface area contributed by atoms with E-state index in [1.807, 2.05) is 0 Å². The van der Waals surface area contributed by atoms with Gasteiger partial charge in [0.1, 0.15) is 5.75 Å². The van der Waals surface area contributed by atoms with Crippen molar-refractivity contribution in [3.05, 3.63) is 71.8 Å². The largest absolute Gasteiger partial charge is 0.493 e. The average Bonchev–Trinajstić information content (AvgIpc) is 2.63. The monoisotopic (exact) mass is 333 g/mol. The highest BCUT2D eigenvalue weighted by Crippen LogP contribution is 2.40. The maximum Gasteiger partial charge on any atom is 0.126 e. The van der Waals surface area contributed by atoms with Gasteiger partial charge in [0.05, 0.1) is 6.61 Å². The van der Waals surface area contributed by atoms with Crippen molar-refractivity contribution in [3.8, 4) is 5.75 Å². The average molecular weight is 333 g/mol. The third-order valence-electron chi connectivity index (χ3n) is 5.52. The summed E-state index contributed by atoms with van der Waals surface area (Å²) in [6.45, 7) is 3.84. The zero-order chi connectivity index (χ0) is 17.1. The van der Waals surface area contributed by atoms with Crippen LogP contribution in [-0.4, -0.2) is 23.6 Å². The van der Waals surface area contributed by atoms with Crippen LogP contribution in [0.5, 0.6) is 5.75 Å². The van der Waals surface area contributed by atoms with Crippen LogP contribution in [0.3, 0.4) is 0 Å². The molecule has 0 amide bonds. The molecule has 0 saturated carbocycles. The van der Waals surface area contributed by atoms with Gasteiger partial charge in [0.15, 0.2) is 0 Å². The van der Waals surface area contributed by atoms with E-state index >= 15 is 0 Å². The van der Waals surface area contributed by atoms with Crippen molar-refractivity contribution < 1.29 is 4.74 Å². The van der Waals surface area contributed by atoms with Crippen molar-refractivity contribution in [2.45, 2.75) is 51.2 Å². The summed E-state index contributed by atoms with van der Waals surface area (Å²) >= 11 is 0. The van der Waals surface area contributed by atoms with Gasteiger partial charge in [-0.15, -0.1) is 0 Å². The first-order valence-corrected chi connectivity index (χ1v) is 9.57. The lowest BCUT2D eigenvalue weighted by Crippen LogP contribution is -2.47. The number of fused-ring (bicyclic) bond motifs is 2. The van der Waals surface area contributed by atoms with E-state index < -0.39 is 0 Å². The lowest BCUT2D eigenvalue weighted by Gasteiger charge is -2.45. The van der Waals surface area contributed by atoms with E-state index in [4.69, 9.17) is 4.74 Å². The number of nitrogens with zero attached hydrogens (tertiary/aromatic N) is 1. The van der Waals surface area contributed by atoms with Crippen molar-refractivity contribution in [2.24, 2.45) is 0 Å². The summed E-state index contributed by atoms with van der Waals surface area (Å²) in [5.74, 6) is 1.03. The van der Waals surface area contributed by atoms with E-state index in [9.17, 15) is 0 Å². The molecule has 2 aliphatic rings. The van der Waals surface area contributed by atoms with E-state index in [2.05, 4.69) is 72.5 Å². The Kier molecular flexibility index (Phi) is 4.89. The molecule has 2 heteroatoms. The molecule has 2 unspecified atom stereocenters. The Morgan fingerprint density at radius 1 is 1.00 bits per heavy atom. The first-order chi connectivity index (χ1) is 12.3. The summed E-state index contributed by atoms with van der Waals surface area (Å²) in [5.41, 5.74) is 4.19. The highest BCUT2D eigenvalue weighted by Gasteiger charge is 2.34. The first kappa shape index (κ1) is 16.4. The van der Waals surface area contributed by atoms with Gasteiger partial charge < -0.3 is 4.74 Å². The third kappa shape index (κ3) is 3.50. The number of ether oxygens (including phenoxy) is 1. The molecule has 0 spiro atoms. The van der Waals surface area contributed by atoms with E-state index in [1.165, 1.54) is 36.0 Å². The quantitative estimate of drug-likeness (QED) is 0.736. The molecule has 2 bridgehead atoms. The van der Waals surface area contributed by atoms with E-state index in [0.29, 0.717) is 12.1 Å². The maximum absolute atomic E-state index is 5.88. The molecule has 25 heavy (non-hydrogen) atoms. The Morgan fingerprint density at radius 2 is 1.80 bits per heavy atom. The lowest BCUT2D eigenvalue weighted by molar-refractivity contribution is 0.0950. The molecule has 0 aromatic heterocycles. The molecular weight excluding hydrogens is 306 g/mol. The molecule has 0 N–H and O–H groups in total. The van der Waals surface area contributed by atoms with E-state index in [1.54, 1.807) is 0 Å². The normalized spacial score (nSPS) is 23.2. The fourth-order valence-corrected chi connectivity index (χ4v) is 4.37. The van der Waals surface area contributed by atoms with Gasteiger partial charge in [-0.25, -0.2) is 0 Å². The zero-order valence-corrected chi connectivity index (χ0v) is 15.0. The molecule has 4 rings (SSSR count). The molecule has 0 aliphatic carbocycles. The smallest absolute Gasteiger partial charge is 0.126 e. The summed E-state index contributed by atoms with van der Waals surface area (Å²) in [7, 11) is 0. The van der Waals surface area contributed by atoms with Gasteiger partial charge in [-0.1, -0.05) is 61.0 Å². The van der Waals surface area contributed by atoms with Gasteiger partial charge in [-0.2, -0.15) is 0 Å². The van der Waals surface area contributed by atoms with Crippen LogP contribution in [0.25, 0.3) is 5.57 Å². The topological polar surface area (TPSA) is 12.5 Å². The maximum atomic E-state index is 5.88. The van der Waals surface area contributed by atoms with Crippen molar-refractivity contribution >= 4 is 5.57 Å². The molecule has 2 aliphatic heterocycles. The van der Waals surface area contributed by atoms with Gasteiger partial charge >= 0.3 is 0 Å². The molecule has 2 aromatic rings. The molecule has 2 heterocycles. The lowest BCUT2D eigenvalue weighted by atomic mass is 9.82. The summed E-state index contributed by atoms with van der Waals surface area (Å²) in [6, 6.07) is 20.6. The van der Waals surface area contributed by atoms with E-state index in [0.717, 1.165) is 25.3 Å². The summed E-state index contributed by atoms with van der Waals surface area (Å²) < 4.78 is 5.88. The fourth-order valence-electron chi connectivity index (χ4n) is 4.37. The second-order valence-corrected chi connectivity index (χ2v) is 7.14. The Morgan fingerprint density at radius 3 is 2.60 bits per heavy atom. The summed E-state index contributed by atoms with van der Waals surface area (Å²) in [4.78, 5) is 2.71. The highest BCUT2D eigenvalue weighted by molar-refractivity contribution is 5.72. The van der Waals surface area contributed by atoms with Crippen molar-refractivity contribution in [3.63, 3.8) is 0 Å². The Labute approximate surface area is 151 Å². The van der Waals surface area contributed by atoms with E-state index in [-0.39, 0.29) is 0 Å². The minimum Gasteiger partial charge on any atom is -0.493 e. The second-order valence-electron chi connectivity index (χ2n) is 7.14. The van der Waals surface area contributed by atoms with Crippen LogP contribution in [0, 0.1) is 0 Å². The van der Waals surface area contributed by atoms with Crippen LogP contribution in [-0.2, 0) is 6.54 Å². The van der Waals surface area contributed by atoms with Crippen LogP contribution < -0.4 is 4.74 Å². The summed E-state index contributed by atoms with van der Waals surface area (Å²) in [6.07, 6.45) is 7.56.